The average Bonchev–Trinajstić information content (AvgIpc) is 3.01. The van der Waals surface area contributed by atoms with Crippen LogP contribution in [0.4, 0.5) is 17.1 Å². The number of nitrogens with zero attached hydrogens (tertiary/aromatic N) is 1. The van der Waals surface area contributed by atoms with Crippen molar-refractivity contribution in [3.63, 3.8) is 0 Å². The second-order valence-corrected chi connectivity index (χ2v) is 8.98. The van der Waals surface area contributed by atoms with Crippen molar-refractivity contribution in [2.45, 2.75) is 6.92 Å². The Hall–Kier alpha value is -3.03. The molecule has 4 rings (SSSR count). The van der Waals surface area contributed by atoms with Crippen molar-refractivity contribution in [2.24, 2.45) is 0 Å². The number of nitrogens with one attached hydrogen (secondary N) is 2. The van der Waals surface area contributed by atoms with Crippen LogP contribution in [0.1, 0.15) is 15.9 Å². The maximum atomic E-state index is 12.9. The first-order chi connectivity index (χ1) is 16.2. The normalized spacial score (nSPS) is 13.5. The maximum Gasteiger partial charge on any atom is 0.283 e. The van der Waals surface area contributed by atoms with Gasteiger partial charge in [-0.2, -0.15) is 0 Å². The van der Waals surface area contributed by atoms with Gasteiger partial charge in [0.2, 0.25) is 0 Å². The molecule has 6 nitrogen and oxygen atoms in total. The number of hydrogen-bond donors (Lipinski definition) is 2. The fourth-order valence-corrected chi connectivity index (χ4v) is 3.97. The average molecular weight is 535 g/mol. The van der Waals surface area contributed by atoms with E-state index in [-0.39, 0.29) is 27.3 Å². The summed E-state index contributed by atoms with van der Waals surface area (Å²) in [5, 5.41) is 6.34. The minimum atomic E-state index is -0.730. The first kappa shape index (κ1) is 24.1. The number of anilines is 3. The first-order valence-corrected chi connectivity index (χ1v) is 11.3. The van der Waals surface area contributed by atoms with Gasteiger partial charge in [-0.15, -0.1) is 0 Å². The van der Waals surface area contributed by atoms with Gasteiger partial charge in [0.15, 0.2) is 0 Å². The Morgan fingerprint density at radius 3 is 2.15 bits per heavy atom. The van der Waals surface area contributed by atoms with Crippen molar-refractivity contribution < 1.29 is 14.4 Å². The highest BCUT2D eigenvalue weighted by Gasteiger charge is 2.40. The number of hydrogen-bond acceptors (Lipinski definition) is 4. The van der Waals surface area contributed by atoms with Gasteiger partial charge in [-0.3, -0.25) is 14.4 Å². The predicted molar refractivity (Wildman–Crippen MR) is 136 cm³/mol. The number of carbonyl (C=O) groups is 3. The zero-order valence-electron chi connectivity index (χ0n) is 17.5. The summed E-state index contributed by atoms with van der Waals surface area (Å²) in [5.74, 6) is -1.75. The van der Waals surface area contributed by atoms with E-state index in [1.54, 1.807) is 36.4 Å². The van der Waals surface area contributed by atoms with Gasteiger partial charge in [0.1, 0.15) is 10.7 Å². The molecule has 3 amide bonds. The Morgan fingerprint density at radius 2 is 1.47 bits per heavy atom. The van der Waals surface area contributed by atoms with E-state index in [2.05, 4.69) is 10.6 Å². The highest BCUT2D eigenvalue weighted by molar-refractivity contribution is 6.54. The van der Waals surface area contributed by atoms with Crippen molar-refractivity contribution in [2.75, 3.05) is 15.5 Å². The summed E-state index contributed by atoms with van der Waals surface area (Å²) in [6.07, 6.45) is 0. The van der Waals surface area contributed by atoms with E-state index in [9.17, 15) is 14.4 Å². The summed E-state index contributed by atoms with van der Waals surface area (Å²) >= 11 is 24.4. The lowest BCUT2D eigenvalue weighted by Crippen LogP contribution is -2.32. The molecule has 172 valence electrons. The third-order valence-corrected chi connectivity index (χ3v) is 6.34. The van der Waals surface area contributed by atoms with Gasteiger partial charge in [0.05, 0.1) is 10.7 Å². The molecule has 0 spiro atoms. The molecule has 0 saturated carbocycles. The molecule has 0 atom stereocenters. The molecule has 0 bridgehead atoms. The summed E-state index contributed by atoms with van der Waals surface area (Å²) in [7, 11) is 0. The lowest BCUT2D eigenvalue weighted by atomic mass is 10.1. The summed E-state index contributed by atoms with van der Waals surface area (Å²) in [4.78, 5) is 39.0. The van der Waals surface area contributed by atoms with Crippen molar-refractivity contribution >= 4 is 81.2 Å². The van der Waals surface area contributed by atoms with Crippen molar-refractivity contribution in [1.29, 1.82) is 0 Å². The minimum Gasteiger partial charge on any atom is -0.350 e. The number of halogens is 4. The van der Waals surface area contributed by atoms with Crippen molar-refractivity contribution in [1.82, 2.24) is 0 Å². The minimum absolute atomic E-state index is 0.116. The van der Waals surface area contributed by atoms with Gasteiger partial charge in [0, 0.05) is 27.0 Å². The van der Waals surface area contributed by atoms with Crippen LogP contribution in [0, 0.1) is 6.92 Å². The van der Waals surface area contributed by atoms with E-state index in [1.807, 2.05) is 13.0 Å². The van der Waals surface area contributed by atoms with E-state index in [0.717, 1.165) is 10.5 Å². The van der Waals surface area contributed by atoms with E-state index < -0.39 is 11.8 Å². The molecule has 1 aliphatic rings. The fourth-order valence-electron chi connectivity index (χ4n) is 3.21. The Balaban J connectivity index is 1.50. The van der Waals surface area contributed by atoms with Crippen LogP contribution in [0.15, 0.2) is 71.4 Å². The topological polar surface area (TPSA) is 78.5 Å². The van der Waals surface area contributed by atoms with E-state index >= 15 is 0 Å². The smallest absolute Gasteiger partial charge is 0.283 e. The maximum absolute atomic E-state index is 12.9. The van der Waals surface area contributed by atoms with E-state index in [4.69, 9.17) is 46.4 Å². The lowest BCUT2D eigenvalue weighted by Gasteiger charge is -2.17. The lowest BCUT2D eigenvalue weighted by molar-refractivity contribution is -0.120. The zero-order chi connectivity index (χ0) is 24.6. The summed E-state index contributed by atoms with van der Waals surface area (Å²) in [6.45, 7) is 1.87. The number of imide groups is 1. The third-order valence-electron chi connectivity index (χ3n) is 5.02. The molecule has 34 heavy (non-hydrogen) atoms. The third kappa shape index (κ3) is 4.76. The Morgan fingerprint density at radius 1 is 0.794 bits per heavy atom. The second kappa shape index (κ2) is 9.68. The van der Waals surface area contributed by atoms with Crippen LogP contribution in [0.5, 0.6) is 0 Å². The van der Waals surface area contributed by atoms with Gasteiger partial charge in [-0.25, -0.2) is 4.90 Å². The fraction of sp³-hybridized carbons (Fsp3) is 0.0417. The van der Waals surface area contributed by atoms with E-state index in [1.165, 1.54) is 18.2 Å². The highest BCUT2D eigenvalue weighted by Crippen LogP contribution is 2.35. The van der Waals surface area contributed by atoms with Gasteiger partial charge in [0.25, 0.3) is 17.7 Å². The van der Waals surface area contributed by atoms with Gasteiger partial charge < -0.3 is 10.6 Å². The number of amides is 3. The van der Waals surface area contributed by atoms with Crippen LogP contribution in [-0.4, -0.2) is 17.7 Å². The Kier molecular flexibility index (Phi) is 6.86. The molecule has 10 heteroatoms. The molecule has 0 saturated heterocycles. The molecule has 0 unspecified atom stereocenters. The molecule has 0 aromatic heterocycles. The van der Waals surface area contributed by atoms with Crippen LogP contribution in [-0.2, 0) is 9.59 Å². The molecule has 3 aromatic rings. The Bertz CT molecular complexity index is 1370. The van der Waals surface area contributed by atoms with Crippen LogP contribution in [0.25, 0.3) is 0 Å². The number of carbonyl (C=O) groups excluding carboxylic acids is 3. The van der Waals surface area contributed by atoms with Crippen LogP contribution in [0.3, 0.4) is 0 Å². The van der Waals surface area contributed by atoms with Crippen LogP contribution < -0.4 is 15.5 Å². The summed E-state index contributed by atoms with van der Waals surface area (Å²) in [6, 6.07) is 15.9. The zero-order valence-corrected chi connectivity index (χ0v) is 20.5. The number of benzene rings is 3. The number of rotatable bonds is 5. The monoisotopic (exact) mass is 533 g/mol. The van der Waals surface area contributed by atoms with Crippen molar-refractivity contribution in [3.05, 3.63) is 97.6 Å². The molecule has 1 heterocycles. The molecule has 0 aliphatic carbocycles. The van der Waals surface area contributed by atoms with Gasteiger partial charge in [-0.1, -0.05) is 52.5 Å². The van der Waals surface area contributed by atoms with Gasteiger partial charge >= 0.3 is 0 Å². The van der Waals surface area contributed by atoms with Crippen LogP contribution >= 0.6 is 46.4 Å². The first-order valence-electron chi connectivity index (χ1n) is 9.84. The molecule has 0 fully saturated rings. The molecule has 2 N–H and O–H groups in total. The predicted octanol–water partition coefficient (Wildman–Crippen LogP) is 6.64. The molecular formula is C24H15Cl4N3O3. The van der Waals surface area contributed by atoms with E-state index in [0.29, 0.717) is 27.0 Å². The quantitative estimate of drug-likeness (QED) is 0.359. The second-order valence-electron chi connectivity index (χ2n) is 7.35. The highest BCUT2D eigenvalue weighted by atomic mass is 35.5. The van der Waals surface area contributed by atoms with Crippen LogP contribution in [0.2, 0.25) is 15.1 Å². The Labute approximate surface area is 215 Å². The molecule has 0 radical (unpaired) electrons. The number of aryl methyl sites for hydroxylation is 1. The van der Waals surface area contributed by atoms with Crippen molar-refractivity contribution in [3.8, 4) is 0 Å². The standard InChI is InChI=1S/C24H15Cl4N3O3/c1-12-2-6-16(11-18(12)27)30-22(32)13-3-7-15(8-4-13)29-21-20(28)23(33)31(24(21)34)19-10-14(25)5-9-17(19)26/h2-11,29H,1H3,(H,30,32). The summed E-state index contributed by atoms with van der Waals surface area (Å²) in [5.41, 5.74) is 2.30. The largest absolute Gasteiger partial charge is 0.350 e. The SMILES string of the molecule is Cc1ccc(NC(=O)c2ccc(NC3=C(Cl)C(=O)N(c4cc(Cl)ccc4Cl)C3=O)cc2)cc1Cl. The molecule has 1 aliphatic heterocycles. The molecule has 3 aromatic carbocycles. The summed E-state index contributed by atoms with van der Waals surface area (Å²) < 4.78 is 0. The van der Waals surface area contributed by atoms with Gasteiger partial charge in [-0.05, 0) is 67.1 Å². The molecular weight excluding hydrogens is 520 g/mol.